The molecular weight excluding hydrogens is 242 g/mol. The molecule has 1 heterocycles. The Labute approximate surface area is 112 Å². The maximum atomic E-state index is 11.8. The van der Waals surface area contributed by atoms with Crippen LogP contribution in [0.15, 0.2) is 22.6 Å². The van der Waals surface area contributed by atoms with Crippen LogP contribution in [0.3, 0.4) is 0 Å². The third-order valence-electron chi connectivity index (χ3n) is 3.07. The third kappa shape index (κ3) is 3.32. The van der Waals surface area contributed by atoms with Crippen molar-refractivity contribution in [3.05, 3.63) is 29.7 Å². The van der Waals surface area contributed by atoms with Crippen LogP contribution in [0.2, 0.25) is 0 Å². The van der Waals surface area contributed by atoms with E-state index < -0.39 is 0 Å². The van der Waals surface area contributed by atoms with Crippen LogP contribution in [0.4, 0.5) is 0 Å². The van der Waals surface area contributed by atoms with Crippen LogP contribution in [0, 0.1) is 12.8 Å². The molecule has 1 atom stereocenters. The maximum Gasteiger partial charge on any atom is 0.223 e. The second-order valence-electron chi connectivity index (χ2n) is 4.73. The lowest BCUT2D eigenvalue weighted by Crippen LogP contribution is -2.29. The minimum Gasteiger partial charge on any atom is -0.441 e. The molecule has 1 aromatic heterocycles. The Morgan fingerprint density at radius 2 is 2.32 bits per heavy atom. The van der Waals surface area contributed by atoms with Gasteiger partial charge in [0.15, 0.2) is 11.5 Å². The van der Waals surface area contributed by atoms with Crippen molar-refractivity contribution in [2.75, 3.05) is 6.54 Å². The van der Waals surface area contributed by atoms with Gasteiger partial charge in [0.05, 0.1) is 0 Å². The molecule has 1 aromatic carbocycles. The summed E-state index contributed by atoms with van der Waals surface area (Å²) < 4.78 is 5.41. The molecule has 0 aliphatic carbocycles. The molecule has 1 amide bonds. The van der Waals surface area contributed by atoms with E-state index in [2.05, 4.69) is 10.3 Å². The minimum atomic E-state index is -0.0528. The Bertz CT molecular complexity index is 577. The molecule has 0 saturated heterocycles. The molecule has 2 aromatic rings. The Morgan fingerprint density at radius 3 is 3.05 bits per heavy atom. The summed E-state index contributed by atoms with van der Waals surface area (Å²) >= 11 is 0. The summed E-state index contributed by atoms with van der Waals surface area (Å²) in [6.07, 6.45) is 0.702. The molecule has 102 valence electrons. The molecule has 0 spiro atoms. The number of aromatic nitrogens is 1. The van der Waals surface area contributed by atoms with Gasteiger partial charge in [-0.2, -0.15) is 0 Å². The summed E-state index contributed by atoms with van der Waals surface area (Å²) in [5, 5.41) is 2.90. The molecule has 1 unspecified atom stereocenters. The normalized spacial score (nSPS) is 12.6. The zero-order chi connectivity index (χ0) is 13.8. The predicted molar refractivity (Wildman–Crippen MR) is 73.4 cm³/mol. The molecule has 3 N–H and O–H groups in total. The van der Waals surface area contributed by atoms with Crippen molar-refractivity contribution in [1.82, 2.24) is 10.3 Å². The first-order valence-electron chi connectivity index (χ1n) is 6.44. The predicted octanol–water partition coefficient (Wildman–Crippen LogP) is 1.74. The zero-order valence-corrected chi connectivity index (χ0v) is 11.3. The Hall–Kier alpha value is -1.88. The lowest BCUT2D eigenvalue weighted by molar-refractivity contribution is -0.124. The van der Waals surface area contributed by atoms with Crippen molar-refractivity contribution in [2.45, 2.75) is 26.8 Å². The number of carbonyl (C=O) groups is 1. The highest BCUT2D eigenvalue weighted by atomic mass is 16.3. The van der Waals surface area contributed by atoms with Crippen molar-refractivity contribution in [1.29, 1.82) is 0 Å². The van der Waals surface area contributed by atoms with E-state index in [0.29, 0.717) is 25.4 Å². The average Bonchev–Trinajstić information content (AvgIpc) is 2.75. The van der Waals surface area contributed by atoms with Gasteiger partial charge >= 0.3 is 0 Å². The van der Waals surface area contributed by atoms with Crippen molar-refractivity contribution < 1.29 is 9.21 Å². The first-order chi connectivity index (χ1) is 9.10. The summed E-state index contributed by atoms with van der Waals surface area (Å²) in [5.41, 5.74) is 8.04. The van der Waals surface area contributed by atoms with Gasteiger partial charge in [-0.05, 0) is 30.7 Å². The van der Waals surface area contributed by atoms with Crippen molar-refractivity contribution in [3.63, 3.8) is 0 Å². The number of hydrogen-bond donors (Lipinski definition) is 2. The number of oxazole rings is 1. The van der Waals surface area contributed by atoms with E-state index in [0.717, 1.165) is 16.7 Å². The van der Waals surface area contributed by atoms with Crippen molar-refractivity contribution in [3.8, 4) is 0 Å². The number of aryl methyl sites for hydroxylation is 1. The van der Waals surface area contributed by atoms with Gasteiger partial charge in [-0.1, -0.05) is 13.0 Å². The molecule has 2 rings (SSSR count). The number of hydrogen-bond acceptors (Lipinski definition) is 4. The van der Waals surface area contributed by atoms with Gasteiger partial charge in [0.25, 0.3) is 0 Å². The first kappa shape index (κ1) is 13.5. The fraction of sp³-hybridized carbons (Fsp3) is 0.429. The van der Waals surface area contributed by atoms with Gasteiger partial charge in [0.1, 0.15) is 5.52 Å². The van der Waals surface area contributed by atoms with Crippen molar-refractivity contribution in [2.24, 2.45) is 11.7 Å². The number of carbonyl (C=O) groups excluding carboxylic acids is 1. The van der Waals surface area contributed by atoms with Crippen LogP contribution < -0.4 is 11.1 Å². The second kappa shape index (κ2) is 5.84. The van der Waals surface area contributed by atoms with Crippen LogP contribution in [0.1, 0.15) is 24.8 Å². The Morgan fingerprint density at radius 1 is 1.53 bits per heavy atom. The Balaban J connectivity index is 1.99. The number of nitrogens with two attached hydrogens (primary N) is 1. The molecule has 5 nitrogen and oxygen atoms in total. The van der Waals surface area contributed by atoms with Gasteiger partial charge in [0, 0.05) is 19.4 Å². The molecule has 0 radical (unpaired) electrons. The van der Waals surface area contributed by atoms with Crippen LogP contribution in [0.25, 0.3) is 11.1 Å². The zero-order valence-electron chi connectivity index (χ0n) is 11.3. The number of rotatable bonds is 5. The number of nitrogens with zero attached hydrogens (tertiary/aromatic N) is 1. The lowest BCUT2D eigenvalue weighted by Gasteiger charge is -2.10. The molecule has 0 bridgehead atoms. The topological polar surface area (TPSA) is 81.2 Å². The molecule has 19 heavy (non-hydrogen) atoms. The van der Waals surface area contributed by atoms with Gasteiger partial charge in [0.2, 0.25) is 5.91 Å². The largest absolute Gasteiger partial charge is 0.441 e. The molecule has 0 aliphatic heterocycles. The Kier molecular flexibility index (Phi) is 4.16. The first-order valence-corrected chi connectivity index (χ1v) is 6.44. The summed E-state index contributed by atoms with van der Waals surface area (Å²) in [7, 11) is 0. The second-order valence-corrected chi connectivity index (χ2v) is 4.73. The van der Waals surface area contributed by atoms with E-state index in [1.54, 1.807) is 0 Å². The van der Waals surface area contributed by atoms with Crippen LogP contribution in [0.5, 0.6) is 0 Å². The van der Waals surface area contributed by atoms with Crippen molar-refractivity contribution >= 4 is 17.0 Å². The fourth-order valence-corrected chi connectivity index (χ4v) is 1.94. The highest BCUT2D eigenvalue weighted by Crippen LogP contribution is 2.16. The number of amides is 1. The van der Waals surface area contributed by atoms with E-state index in [-0.39, 0.29) is 11.8 Å². The molecule has 0 aliphatic rings. The van der Waals surface area contributed by atoms with Gasteiger partial charge in [-0.25, -0.2) is 4.98 Å². The van der Waals surface area contributed by atoms with E-state index in [1.165, 1.54) is 0 Å². The fourth-order valence-electron chi connectivity index (χ4n) is 1.94. The number of benzene rings is 1. The average molecular weight is 261 g/mol. The van der Waals surface area contributed by atoms with Gasteiger partial charge < -0.3 is 15.5 Å². The van der Waals surface area contributed by atoms with E-state index in [1.807, 2.05) is 32.0 Å². The molecule has 0 saturated carbocycles. The lowest BCUT2D eigenvalue weighted by atomic mass is 10.1. The monoisotopic (exact) mass is 261 g/mol. The van der Waals surface area contributed by atoms with Crippen LogP contribution in [-0.2, 0) is 11.3 Å². The van der Waals surface area contributed by atoms with E-state index in [9.17, 15) is 4.79 Å². The smallest absolute Gasteiger partial charge is 0.223 e. The molecule has 0 fully saturated rings. The summed E-state index contributed by atoms with van der Waals surface area (Å²) in [5.74, 6) is 0.623. The summed E-state index contributed by atoms with van der Waals surface area (Å²) in [4.78, 5) is 16.0. The summed E-state index contributed by atoms with van der Waals surface area (Å²) in [6, 6.07) is 5.74. The van der Waals surface area contributed by atoms with E-state index in [4.69, 9.17) is 10.2 Å². The summed E-state index contributed by atoms with van der Waals surface area (Å²) in [6.45, 7) is 4.72. The third-order valence-corrected chi connectivity index (χ3v) is 3.07. The van der Waals surface area contributed by atoms with E-state index >= 15 is 0 Å². The molecule has 5 heteroatoms. The van der Waals surface area contributed by atoms with Crippen LogP contribution >= 0.6 is 0 Å². The van der Waals surface area contributed by atoms with Crippen LogP contribution in [-0.4, -0.2) is 17.4 Å². The highest BCUT2D eigenvalue weighted by Gasteiger charge is 2.11. The van der Waals surface area contributed by atoms with Gasteiger partial charge in [-0.15, -0.1) is 0 Å². The quantitative estimate of drug-likeness (QED) is 0.859. The number of fused-ring (bicyclic) bond motifs is 1. The van der Waals surface area contributed by atoms with Gasteiger partial charge in [-0.3, -0.25) is 4.79 Å². The minimum absolute atomic E-state index is 0.0295. The number of nitrogens with one attached hydrogen (secondary N) is 1. The molecular formula is C14H19N3O2. The highest BCUT2D eigenvalue weighted by molar-refractivity contribution is 5.78. The standard InChI is InChI=1S/C14H19N3O2/c1-9(5-6-15)14(18)16-8-11-3-4-13-12(7-11)17-10(2)19-13/h3-4,7,9H,5-6,8,15H2,1-2H3,(H,16,18). The maximum absolute atomic E-state index is 11.8. The SMILES string of the molecule is Cc1nc2cc(CNC(=O)C(C)CCN)ccc2o1.